The lowest BCUT2D eigenvalue weighted by Crippen LogP contribution is -2.26. The highest BCUT2D eigenvalue weighted by atomic mass is 32.2. The molecule has 0 spiro atoms. The number of hydrogen-bond donors (Lipinski definition) is 1. The molecule has 0 aromatic carbocycles. The van der Waals surface area contributed by atoms with Crippen molar-refractivity contribution in [3.05, 3.63) is 30.0 Å². The second kappa shape index (κ2) is 6.71. The summed E-state index contributed by atoms with van der Waals surface area (Å²) in [5, 5.41) is 3.71. The summed E-state index contributed by atoms with van der Waals surface area (Å²) in [6, 6.07) is 1.31. The van der Waals surface area contributed by atoms with E-state index in [1.165, 1.54) is 23.6 Å². The van der Waals surface area contributed by atoms with E-state index >= 15 is 0 Å². The average Bonchev–Trinajstić information content (AvgIpc) is 2.78. The maximum Gasteiger partial charge on any atom is 0.228 e. The fraction of sp³-hybridized carbons (Fsp3) is 0.357. The van der Waals surface area contributed by atoms with E-state index < -0.39 is 27.5 Å². The van der Waals surface area contributed by atoms with Crippen LogP contribution in [-0.4, -0.2) is 36.3 Å². The van der Waals surface area contributed by atoms with Crippen molar-refractivity contribution in [2.75, 3.05) is 17.3 Å². The van der Waals surface area contributed by atoms with Gasteiger partial charge in [0.1, 0.15) is 25.7 Å². The minimum atomic E-state index is -3.24. The molecule has 0 aliphatic rings. The Morgan fingerprint density at radius 3 is 2.74 bits per heavy atom. The number of nitrogens with zero attached hydrogens (tertiary/aromatic N) is 2. The van der Waals surface area contributed by atoms with Gasteiger partial charge in [-0.15, -0.1) is 0 Å². The van der Waals surface area contributed by atoms with Crippen LogP contribution in [0.1, 0.15) is 12.6 Å². The number of aryl methyl sites for hydroxylation is 1. The first-order chi connectivity index (χ1) is 10.7. The van der Waals surface area contributed by atoms with E-state index in [0.29, 0.717) is 21.3 Å². The molecule has 0 saturated carbocycles. The summed E-state index contributed by atoms with van der Waals surface area (Å²) in [5.41, 5.74) is 1.09. The lowest BCUT2D eigenvalue weighted by molar-refractivity contribution is -0.118. The third-order valence-electron chi connectivity index (χ3n) is 2.99. The van der Waals surface area contributed by atoms with Crippen LogP contribution >= 0.6 is 11.3 Å². The van der Waals surface area contributed by atoms with Gasteiger partial charge in [-0.25, -0.2) is 17.8 Å². The molecule has 1 atom stereocenters. The van der Waals surface area contributed by atoms with Crippen molar-refractivity contribution >= 4 is 32.1 Å². The van der Waals surface area contributed by atoms with Crippen molar-refractivity contribution in [2.24, 2.45) is 5.92 Å². The second-order valence-electron chi connectivity index (χ2n) is 5.31. The zero-order valence-corrected chi connectivity index (χ0v) is 14.5. The van der Waals surface area contributed by atoms with Crippen LogP contribution in [-0.2, 0) is 14.6 Å². The SMILES string of the molecule is Cc1nc(-c2cncc(F)c2)sc1NC(=O)C(C)CS(C)(=O)=O. The van der Waals surface area contributed by atoms with Gasteiger partial charge in [0.15, 0.2) is 0 Å². The van der Waals surface area contributed by atoms with Gasteiger partial charge < -0.3 is 5.32 Å². The molecule has 0 radical (unpaired) electrons. The zero-order chi connectivity index (χ0) is 17.2. The molecule has 9 heteroatoms. The van der Waals surface area contributed by atoms with Gasteiger partial charge in [0.05, 0.1) is 17.6 Å². The lowest BCUT2D eigenvalue weighted by Gasteiger charge is -2.09. The molecule has 0 fully saturated rings. The highest BCUT2D eigenvalue weighted by Crippen LogP contribution is 2.31. The van der Waals surface area contributed by atoms with E-state index in [-0.39, 0.29) is 5.75 Å². The number of anilines is 1. The Morgan fingerprint density at radius 1 is 1.43 bits per heavy atom. The maximum absolute atomic E-state index is 13.2. The molecular formula is C14H16FN3O3S2. The van der Waals surface area contributed by atoms with Crippen molar-refractivity contribution in [1.29, 1.82) is 0 Å². The highest BCUT2D eigenvalue weighted by Gasteiger charge is 2.20. The van der Waals surface area contributed by atoms with Crippen LogP contribution in [0, 0.1) is 18.7 Å². The van der Waals surface area contributed by atoms with Crippen LogP contribution in [0.15, 0.2) is 18.5 Å². The van der Waals surface area contributed by atoms with Crippen molar-refractivity contribution < 1.29 is 17.6 Å². The van der Waals surface area contributed by atoms with E-state index in [1.807, 2.05) is 0 Å². The molecule has 124 valence electrons. The fourth-order valence-corrected chi connectivity index (χ4v) is 3.94. The van der Waals surface area contributed by atoms with Gasteiger partial charge in [0.25, 0.3) is 0 Å². The van der Waals surface area contributed by atoms with Crippen LogP contribution in [0.5, 0.6) is 0 Å². The molecule has 2 heterocycles. The van der Waals surface area contributed by atoms with E-state index in [4.69, 9.17) is 0 Å². The molecule has 2 aromatic heterocycles. The van der Waals surface area contributed by atoms with Crippen LogP contribution in [0.4, 0.5) is 9.39 Å². The average molecular weight is 357 g/mol. The number of aromatic nitrogens is 2. The first-order valence-corrected chi connectivity index (χ1v) is 9.60. The molecule has 1 unspecified atom stereocenters. The maximum atomic E-state index is 13.2. The van der Waals surface area contributed by atoms with E-state index in [0.717, 1.165) is 12.5 Å². The number of nitrogens with one attached hydrogen (secondary N) is 1. The minimum absolute atomic E-state index is 0.225. The molecule has 0 saturated heterocycles. The van der Waals surface area contributed by atoms with Crippen LogP contribution in [0.2, 0.25) is 0 Å². The van der Waals surface area contributed by atoms with Crippen LogP contribution < -0.4 is 5.32 Å². The summed E-state index contributed by atoms with van der Waals surface area (Å²) in [5.74, 6) is -1.77. The topological polar surface area (TPSA) is 89.0 Å². The minimum Gasteiger partial charge on any atom is -0.316 e. The largest absolute Gasteiger partial charge is 0.316 e. The lowest BCUT2D eigenvalue weighted by atomic mass is 10.2. The summed E-state index contributed by atoms with van der Waals surface area (Å²) in [4.78, 5) is 20.1. The summed E-state index contributed by atoms with van der Waals surface area (Å²) >= 11 is 1.19. The first kappa shape index (κ1) is 17.5. The van der Waals surface area contributed by atoms with Gasteiger partial charge in [-0.3, -0.25) is 9.78 Å². The molecule has 1 N–H and O–H groups in total. The molecule has 0 aliphatic carbocycles. The van der Waals surface area contributed by atoms with Gasteiger partial charge in [0, 0.05) is 23.9 Å². The molecule has 0 aliphatic heterocycles. The van der Waals surface area contributed by atoms with Crippen molar-refractivity contribution in [2.45, 2.75) is 13.8 Å². The Labute approximate surface area is 137 Å². The zero-order valence-electron chi connectivity index (χ0n) is 12.8. The number of hydrogen-bond acceptors (Lipinski definition) is 6. The van der Waals surface area contributed by atoms with E-state index in [9.17, 15) is 17.6 Å². The Balaban J connectivity index is 2.17. The standard InChI is InChI=1S/C14H16FN3O3S2/c1-8(7-23(3,20)21)12(19)18-13-9(2)17-14(22-13)10-4-11(15)6-16-5-10/h4-6,8H,7H2,1-3H3,(H,18,19). The number of rotatable bonds is 5. The molecule has 2 aromatic rings. The smallest absolute Gasteiger partial charge is 0.228 e. The number of carbonyl (C=O) groups is 1. The van der Waals surface area contributed by atoms with Crippen LogP contribution in [0.3, 0.4) is 0 Å². The van der Waals surface area contributed by atoms with Gasteiger partial charge in [-0.05, 0) is 13.0 Å². The molecule has 6 nitrogen and oxygen atoms in total. The summed E-state index contributed by atoms with van der Waals surface area (Å²) < 4.78 is 35.7. The second-order valence-corrected chi connectivity index (χ2v) is 8.49. The Bertz CT molecular complexity index is 834. The Kier molecular flexibility index (Phi) is 5.10. The van der Waals surface area contributed by atoms with Gasteiger partial charge >= 0.3 is 0 Å². The third-order valence-corrected chi connectivity index (χ3v) is 5.21. The Morgan fingerprint density at radius 2 is 2.13 bits per heavy atom. The number of thiazole rings is 1. The molecular weight excluding hydrogens is 341 g/mol. The molecule has 23 heavy (non-hydrogen) atoms. The van der Waals surface area contributed by atoms with Gasteiger partial charge in [-0.2, -0.15) is 0 Å². The predicted octanol–water partition coefficient (Wildman–Crippen LogP) is 2.27. The highest BCUT2D eigenvalue weighted by molar-refractivity contribution is 7.90. The number of sulfone groups is 1. The number of amides is 1. The van der Waals surface area contributed by atoms with E-state index in [2.05, 4.69) is 15.3 Å². The third kappa shape index (κ3) is 4.80. The number of pyridine rings is 1. The molecule has 2 rings (SSSR count). The normalized spacial score (nSPS) is 12.9. The monoisotopic (exact) mass is 357 g/mol. The Hall–Kier alpha value is -1.87. The van der Waals surface area contributed by atoms with Gasteiger partial charge in [0.2, 0.25) is 5.91 Å². The molecule has 0 bridgehead atoms. The first-order valence-electron chi connectivity index (χ1n) is 6.72. The summed E-state index contributed by atoms with van der Waals surface area (Å²) in [7, 11) is -3.24. The van der Waals surface area contributed by atoms with E-state index in [1.54, 1.807) is 13.8 Å². The number of halogens is 1. The number of carbonyl (C=O) groups excluding carboxylic acids is 1. The fourth-order valence-electron chi connectivity index (χ4n) is 1.93. The summed E-state index contributed by atoms with van der Waals surface area (Å²) in [6.45, 7) is 3.26. The van der Waals surface area contributed by atoms with Crippen molar-refractivity contribution in [3.63, 3.8) is 0 Å². The van der Waals surface area contributed by atoms with Gasteiger partial charge in [-0.1, -0.05) is 18.3 Å². The predicted molar refractivity (Wildman–Crippen MR) is 87.5 cm³/mol. The van der Waals surface area contributed by atoms with Crippen molar-refractivity contribution in [3.8, 4) is 10.6 Å². The van der Waals surface area contributed by atoms with Crippen molar-refractivity contribution in [1.82, 2.24) is 9.97 Å². The summed E-state index contributed by atoms with van der Waals surface area (Å²) in [6.07, 6.45) is 3.67. The quantitative estimate of drug-likeness (QED) is 0.887. The van der Waals surface area contributed by atoms with Crippen LogP contribution in [0.25, 0.3) is 10.6 Å². The molecule has 1 amide bonds.